The largest absolute Gasteiger partial charge is 2.00 e. The quantitative estimate of drug-likeness (QED) is 0.0844. The maximum absolute atomic E-state index is 6.42. The van der Waals surface area contributed by atoms with Gasteiger partial charge in [-0.15, -0.1) is 71.4 Å². The van der Waals surface area contributed by atoms with Crippen LogP contribution in [0.15, 0.2) is 195 Å². The normalized spacial score (nSPS) is 11.6. The van der Waals surface area contributed by atoms with Gasteiger partial charge in [0.25, 0.3) is 0 Å². The molecule has 12 heteroatoms. The third-order valence-electron chi connectivity index (χ3n) is 17.4. The van der Waals surface area contributed by atoms with Crippen molar-refractivity contribution >= 4 is 43.6 Å². The average molecular weight is 1620 g/mol. The Bertz CT molecular complexity index is 5100. The van der Waals surface area contributed by atoms with Crippen LogP contribution in [0.1, 0.15) is 131 Å². The van der Waals surface area contributed by atoms with E-state index in [0.717, 1.165) is 102 Å². The fourth-order valence-electron chi connectivity index (χ4n) is 13.4. The zero-order valence-electron chi connectivity index (χ0n) is 56.8. The minimum absolute atomic E-state index is 0. The van der Waals surface area contributed by atoms with E-state index in [9.17, 15) is 0 Å². The third kappa shape index (κ3) is 14.2. The van der Waals surface area contributed by atoms with E-state index in [1.165, 1.54) is 44.5 Å². The molecule has 0 atom stereocenters. The van der Waals surface area contributed by atoms with Gasteiger partial charge in [-0.25, -0.2) is 9.97 Å². The topological polar surface area (TPSA) is 89.7 Å². The Morgan fingerprint density at radius 2 is 0.906 bits per heavy atom. The van der Waals surface area contributed by atoms with E-state index in [1.807, 2.05) is 94.8 Å². The number of pyridine rings is 2. The van der Waals surface area contributed by atoms with Gasteiger partial charge in [-0.1, -0.05) is 141 Å². The summed E-state index contributed by atoms with van der Waals surface area (Å²) in [5.41, 5.74) is 21.0. The van der Waals surface area contributed by atoms with Crippen LogP contribution in [0.5, 0.6) is 23.0 Å². The zero-order valence-corrected chi connectivity index (χ0v) is 61.3. The van der Waals surface area contributed by atoms with Crippen molar-refractivity contribution in [1.29, 1.82) is 0 Å². The number of ether oxygens (including phenoxy) is 2. The predicted octanol–water partition coefficient (Wildman–Crippen LogP) is 21.5. The molecule has 0 spiro atoms. The van der Waals surface area contributed by atoms with E-state index in [4.69, 9.17) is 24.7 Å². The molecule has 0 amide bonds. The van der Waals surface area contributed by atoms with Crippen molar-refractivity contribution in [3.8, 4) is 68.3 Å². The van der Waals surface area contributed by atoms with Crippen LogP contribution in [0.25, 0.3) is 88.9 Å². The third-order valence-corrected chi connectivity index (χ3v) is 17.4. The van der Waals surface area contributed by atoms with Crippen molar-refractivity contribution in [2.75, 3.05) is 0 Å². The van der Waals surface area contributed by atoms with Crippen LogP contribution < -0.4 is 9.47 Å². The molecule has 0 radical (unpaired) electrons. The summed E-state index contributed by atoms with van der Waals surface area (Å²) < 4.78 is 20.9. The zero-order chi connectivity index (χ0) is 65.5. The van der Waals surface area contributed by atoms with E-state index in [2.05, 4.69) is 238 Å². The number of para-hydroxylation sites is 2. The van der Waals surface area contributed by atoms with Crippen LogP contribution in [0.3, 0.4) is 0 Å². The first-order valence-electron chi connectivity index (χ1n) is 33.0. The standard InChI is InChI=1S/C43H42N4O.C41H38N4O.2Pt/c1-27(2)21-31-15-17-36(28(3)4)43(42(31)29(5)6)32-25-45-46(26-32)33-11-10-12-34(23-33)48-35-16-18-38-37-13-8-9-14-39(37)47(40(38)24-35)41-22-30(7)19-20-44-41;1-26(2)18-30-20-29(6)41(37(21-30)27(3)4)31-24-43-44(25-31)32-10-9-11-33(22-32)46-34-14-15-36-35-12-7-8-13-38(35)45(39(36)23-34)40-19-28(5)16-17-42-40;;/h8-20,22,25-29H,21H2,1-7H3;7-17,19-21,24-27H,18H2,1-6H3;;/q2*-2;2*+2. The molecule has 0 fully saturated rings. The second kappa shape index (κ2) is 29.2. The van der Waals surface area contributed by atoms with Gasteiger partial charge in [0.2, 0.25) is 0 Å². The van der Waals surface area contributed by atoms with Gasteiger partial charge < -0.3 is 18.6 Å². The van der Waals surface area contributed by atoms with Crippen LogP contribution in [-0.2, 0) is 55.0 Å². The van der Waals surface area contributed by atoms with Crippen LogP contribution in [-0.4, -0.2) is 38.7 Å². The summed E-state index contributed by atoms with van der Waals surface area (Å²) in [5.74, 6) is 6.52. The molecule has 10 nitrogen and oxygen atoms in total. The van der Waals surface area contributed by atoms with Gasteiger partial charge >= 0.3 is 42.1 Å². The van der Waals surface area contributed by atoms with E-state index in [1.54, 1.807) is 0 Å². The molecule has 0 aliphatic heterocycles. The number of aryl methyl sites for hydroxylation is 3. The number of benzene rings is 8. The first-order valence-corrected chi connectivity index (χ1v) is 33.0. The second-order valence-electron chi connectivity index (χ2n) is 26.7. The number of nitrogens with zero attached hydrogens (tertiary/aromatic N) is 8. The average Bonchev–Trinajstić information content (AvgIpc) is 1.56. The van der Waals surface area contributed by atoms with Crippen molar-refractivity contribution in [2.45, 2.75) is 121 Å². The number of hydrogen-bond acceptors (Lipinski definition) is 6. The molecule has 0 saturated heterocycles. The monoisotopic (exact) mass is 1620 g/mol. The van der Waals surface area contributed by atoms with Crippen LogP contribution in [0.4, 0.5) is 0 Å². The number of rotatable bonds is 17. The van der Waals surface area contributed by atoms with E-state index >= 15 is 0 Å². The molecular weight excluding hydrogens is 1540 g/mol. The molecular formula is C84H80N8O2Pt2. The van der Waals surface area contributed by atoms with Crippen molar-refractivity contribution < 1.29 is 51.6 Å². The Balaban J connectivity index is 0.000000191. The summed E-state index contributed by atoms with van der Waals surface area (Å²) in [6.07, 6.45) is 14.0. The molecule has 0 N–H and O–H groups in total. The molecule has 14 rings (SSSR count). The number of hydrogen-bond donors (Lipinski definition) is 0. The van der Waals surface area contributed by atoms with Gasteiger partial charge in [-0.2, -0.15) is 34.5 Å². The van der Waals surface area contributed by atoms with E-state index in [-0.39, 0.29) is 42.1 Å². The first-order chi connectivity index (χ1) is 45.4. The molecule has 96 heavy (non-hydrogen) atoms. The molecule has 8 aromatic carbocycles. The summed E-state index contributed by atoms with van der Waals surface area (Å²) in [6, 6.07) is 68.3. The van der Waals surface area contributed by atoms with Gasteiger partial charge in [-0.3, -0.25) is 9.36 Å². The molecule has 0 saturated carbocycles. The minimum Gasteiger partial charge on any atom is -0.509 e. The molecule has 14 aromatic rings. The van der Waals surface area contributed by atoms with Gasteiger partial charge in [-0.05, 0) is 177 Å². The fraction of sp³-hybridized carbons (Fsp3) is 0.238. The molecule has 0 aliphatic carbocycles. The molecule has 488 valence electrons. The second-order valence-corrected chi connectivity index (χ2v) is 26.7. The van der Waals surface area contributed by atoms with Crippen LogP contribution >= 0.6 is 0 Å². The van der Waals surface area contributed by atoms with E-state index in [0.29, 0.717) is 52.6 Å². The fourth-order valence-corrected chi connectivity index (χ4v) is 13.4. The number of aromatic nitrogens is 8. The Morgan fingerprint density at radius 3 is 1.38 bits per heavy atom. The minimum atomic E-state index is 0. The Kier molecular flexibility index (Phi) is 20.8. The maximum Gasteiger partial charge on any atom is 2.00 e. The SMILES string of the molecule is Cc1ccnc(-n2c3[c-]c(Oc4[c-]c(-n5cc(-c6c(C(C)C)ccc(CC(C)C)c6C(C)C)cn5)ccc4)ccc3c3ccccc32)c1.Cc1ccnc(-n2c3[c-]c(Oc4[c-]c(-n5cc(-c6c(C)cc(CC(C)C)cc6C(C)C)cn5)ccc4)ccc3c3ccccc32)c1.[Pt+2].[Pt+2]. The summed E-state index contributed by atoms with van der Waals surface area (Å²) in [7, 11) is 0. The summed E-state index contributed by atoms with van der Waals surface area (Å²) in [5, 5.41) is 14.1. The Morgan fingerprint density at radius 1 is 0.427 bits per heavy atom. The van der Waals surface area contributed by atoms with Gasteiger partial charge in [0.15, 0.2) is 0 Å². The molecule has 0 bridgehead atoms. The molecule has 6 heterocycles. The molecule has 0 unspecified atom stereocenters. The smallest absolute Gasteiger partial charge is 0.509 e. The van der Waals surface area contributed by atoms with E-state index < -0.39 is 0 Å². The first kappa shape index (κ1) is 68.4. The van der Waals surface area contributed by atoms with Crippen molar-refractivity contribution in [3.05, 3.63) is 264 Å². The van der Waals surface area contributed by atoms with Gasteiger partial charge in [0, 0.05) is 69.9 Å². The van der Waals surface area contributed by atoms with Gasteiger partial charge in [0.1, 0.15) is 11.6 Å². The Labute approximate surface area is 593 Å². The van der Waals surface area contributed by atoms with Gasteiger partial charge in [0.05, 0.1) is 12.4 Å². The van der Waals surface area contributed by atoms with Crippen LogP contribution in [0.2, 0.25) is 0 Å². The summed E-state index contributed by atoms with van der Waals surface area (Å²) >= 11 is 0. The molecule has 6 aromatic heterocycles. The molecule has 0 aliphatic rings. The predicted molar refractivity (Wildman–Crippen MR) is 384 cm³/mol. The maximum atomic E-state index is 6.42. The van der Waals surface area contributed by atoms with Crippen LogP contribution in [0, 0.1) is 56.9 Å². The Hall–Kier alpha value is -8.94. The summed E-state index contributed by atoms with van der Waals surface area (Å²) in [4.78, 5) is 9.39. The van der Waals surface area contributed by atoms with Crippen molar-refractivity contribution in [2.24, 2.45) is 11.8 Å². The van der Waals surface area contributed by atoms with Crippen molar-refractivity contribution in [3.63, 3.8) is 0 Å². The summed E-state index contributed by atoms with van der Waals surface area (Å²) in [6.45, 7) is 29.2. The number of fused-ring (bicyclic) bond motifs is 6. The van der Waals surface area contributed by atoms with Crippen molar-refractivity contribution in [1.82, 2.24) is 38.7 Å².